The van der Waals surface area contributed by atoms with E-state index in [1.807, 2.05) is 47.9 Å². The molecule has 2 aliphatic heterocycles. The molecule has 17 heteroatoms. The van der Waals surface area contributed by atoms with Crippen molar-refractivity contribution < 1.29 is 28.7 Å². The highest BCUT2D eigenvalue weighted by atomic mass is 35.5. The standard InChI is InChI=1S/C39H42ClN9O6S/c1-22-23(2)56-38-35(22)36(25-4-6-27(40)7-5-25)44-31(37-47-46-24(3)49(37)38)20-34(52)42-12-15-55-17-16-54-14-11-41-33(51)18-26-21-43-30-19-28(8-9-29(26)30)48-13-10-32(50)45-39(48)53/h4-9,19,21,31,43H,10-18,20H2,1-3H3,(H,41,51)(H,42,52)(H,45,50,53)/t31-/m0/s1. The summed E-state index contributed by atoms with van der Waals surface area (Å²) in [5.41, 5.74) is 6.12. The van der Waals surface area contributed by atoms with Crippen LogP contribution < -0.4 is 20.9 Å². The molecular weight excluding hydrogens is 758 g/mol. The van der Waals surface area contributed by atoms with Crippen molar-refractivity contribution >= 4 is 69.0 Å². The molecule has 5 heterocycles. The molecule has 56 heavy (non-hydrogen) atoms. The number of hydrogen-bond acceptors (Lipinski definition) is 10. The molecule has 0 saturated carbocycles. The van der Waals surface area contributed by atoms with Gasteiger partial charge in [0.05, 0.1) is 45.0 Å². The lowest BCUT2D eigenvalue weighted by molar-refractivity contribution is -0.122. The number of benzene rings is 2. The van der Waals surface area contributed by atoms with E-state index in [2.05, 4.69) is 45.0 Å². The van der Waals surface area contributed by atoms with Crippen LogP contribution in [0.3, 0.4) is 0 Å². The minimum absolute atomic E-state index is 0.0845. The number of rotatable bonds is 15. The number of amides is 5. The zero-order valence-corrected chi connectivity index (χ0v) is 32.8. The Morgan fingerprint density at radius 3 is 2.43 bits per heavy atom. The molecule has 0 radical (unpaired) electrons. The fourth-order valence-corrected chi connectivity index (χ4v) is 8.10. The van der Waals surface area contributed by atoms with Crippen molar-refractivity contribution in [2.75, 3.05) is 51.0 Å². The van der Waals surface area contributed by atoms with Gasteiger partial charge in [-0.25, -0.2) is 4.79 Å². The number of imide groups is 1. The second-order valence-electron chi connectivity index (χ2n) is 13.5. The molecule has 292 valence electrons. The van der Waals surface area contributed by atoms with Crippen molar-refractivity contribution in [2.45, 2.75) is 46.1 Å². The van der Waals surface area contributed by atoms with Crippen LogP contribution in [0, 0.1) is 20.8 Å². The number of nitrogens with zero attached hydrogens (tertiary/aromatic N) is 5. The van der Waals surface area contributed by atoms with Gasteiger partial charge in [-0.15, -0.1) is 21.5 Å². The Balaban J connectivity index is 0.820. The third-order valence-corrected chi connectivity index (χ3v) is 11.2. The molecule has 0 bridgehead atoms. The Kier molecular flexibility index (Phi) is 11.9. The lowest BCUT2D eigenvalue weighted by Gasteiger charge is -2.26. The average Bonchev–Trinajstić information content (AvgIpc) is 3.82. The van der Waals surface area contributed by atoms with Crippen molar-refractivity contribution in [3.63, 3.8) is 0 Å². The highest BCUT2D eigenvalue weighted by molar-refractivity contribution is 7.15. The number of aryl methyl sites for hydroxylation is 2. The van der Waals surface area contributed by atoms with E-state index in [4.69, 9.17) is 26.1 Å². The molecule has 3 aromatic heterocycles. The van der Waals surface area contributed by atoms with Gasteiger partial charge in [-0.1, -0.05) is 29.8 Å². The number of urea groups is 1. The Morgan fingerprint density at radius 2 is 1.70 bits per heavy atom. The quantitative estimate of drug-likeness (QED) is 0.111. The van der Waals surface area contributed by atoms with Crippen molar-refractivity contribution in [3.05, 3.63) is 92.5 Å². The lowest BCUT2D eigenvalue weighted by Crippen LogP contribution is -2.49. The third kappa shape index (κ3) is 8.53. The van der Waals surface area contributed by atoms with Gasteiger partial charge in [0, 0.05) is 69.9 Å². The minimum Gasteiger partial charge on any atom is -0.377 e. The number of anilines is 1. The van der Waals surface area contributed by atoms with Gasteiger partial charge < -0.3 is 25.1 Å². The van der Waals surface area contributed by atoms with E-state index in [1.165, 1.54) is 9.78 Å². The molecule has 1 saturated heterocycles. The predicted molar refractivity (Wildman–Crippen MR) is 213 cm³/mol. The monoisotopic (exact) mass is 799 g/mol. The molecule has 0 spiro atoms. The van der Waals surface area contributed by atoms with Gasteiger partial charge in [0.25, 0.3) is 0 Å². The first kappa shape index (κ1) is 38.8. The Labute approximate surface area is 331 Å². The summed E-state index contributed by atoms with van der Waals surface area (Å²) in [4.78, 5) is 60.5. The Hall–Kier alpha value is -5.42. The van der Waals surface area contributed by atoms with E-state index in [0.717, 1.165) is 49.7 Å². The average molecular weight is 800 g/mol. The van der Waals surface area contributed by atoms with Crippen LogP contribution in [0.1, 0.15) is 57.7 Å². The number of carbonyl (C=O) groups is 4. The molecule has 15 nitrogen and oxygen atoms in total. The first-order chi connectivity index (χ1) is 27.1. The lowest BCUT2D eigenvalue weighted by atomic mass is 9.99. The topological polar surface area (TPSA) is 185 Å². The zero-order chi connectivity index (χ0) is 39.3. The molecule has 1 fully saturated rings. The van der Waals surface area contributed by atoms with Gasteiger partial charge >= 0.3 is 6.03 Å². The summed E-state index contributed by atoms with van der Waals surface area (Å²) in [7, 11) is 0. The maximum Gasteiger partial charge on any atom is 0.328 e. The summed E-state index contributed by atoms with van der Waals surface area (Å²) in [6.07, 6.45) is 2.29. The largest absolute Gasteiger partial charge is 0.377 e. The fourth-order valence-electron chi connectivity index (χ4n) is 6.76. The van der Waals surface area contributed by atoms with E-state index in [1.54, 1.807) is 23.6 Å². The summed E-state index contributed by atoms with van der Waals surface area (Å²) in [5, 5.41) is 19.4. The van der Waals surface area contributed by atoms with Crippen LogP contribution in [-0.4, -0.2) is 95.3 Å². The van der Waals surface area contributed by atoms with Gasteiger partial charge in [-0.05, 0) is 56.2 Å². The third-order valence-electron chi connectivity index (χ3n) is 9.71. The number of fused-ring (bicyclic) bond motifs is 4. The Bertz CT molecular complexity index is 2310. The van der Waals surface area contributed by atoms with E-state index < -0.39 is 12.1 Å². The van der Waals surface area contributed by atoms with Crippen LogP contribution in [0.4, 0.5) is 10.5 Å². The number of carbonyl (C=O) groups excluding carboxylic acids is 4. The maximum atomic E-state index is 13.2. The first-order valence-corrected chi connectivity index (χ1v) is 19.5. The molecule has 5 aromatic rings. The second-order valence-corrected chi connectivity index (χ2v) is 15.1. The summed E-state index contributed by atoms with van der Waals surface area (Å²) in [6.45, 7) is 8.34. The molecular formula is C39H42ClN9O6S. The van der Waals surface area contributed by atoms with Gasteiger partial charge in [0.15, 0.2) is 5.82 Å². The van der Waals surface area contributed by atoms with E-state index >= 15 is 0 Å². The number of H-pyrrole nitrogens is 1. The van der Waals surface area contributed by atoms with Crippen LogP contribution in [0.2, 0.25) is 5.02 Å². The molecule has 1 atom stereocenters. The van der Waals surface area contributed by atoms with Crippen molar-refractivity contribution in [1.29, 1.82) is 0 Å². The van der Waals surface area contributed by atoms with Gasteiger partial charge in [-0.3, -0.25) is 34.2 Å². The minimum atomic E-state index is -0.559. The smallest absolute Gasteiger partial charge is 0.328 e. The van der Waals surface area contributed by atoms with E-state index in [-0.39, 0.29) is 37.0 Å². The number of aromatic nitrogens is 4. The van der Waals surface area contributed by atoms with Crippen LogP contribution in [0.15, 0.2) is 53.7 Å². The highest BCUT2D eigenvalue weighted by Gasteiger charge is 2.32. The Morgan fingerprint density at radius 1 is 0.964 bits per heavy atom. The van der Waals surface area contributed by atoms with Gasteiger partial charge in [0.1, 0.15) is 16.9 Å². The van der Waals surface area contributed by atoms with Crippen LogP contribution in [0.25, 0.3) is 15.9 Å². The van der Waals surface area contributed by atoms with Crippen LogP contribution in [0.5, 0.6) is 0 Å². The molecule has 2 aliphatic rings. The highest BCUT2D eigenvalue weighted by Crippen LogP contribution is 2.39. The molecule has 7 rings (SSSR count). The van der Waals surface area contributed by atoms with Crippen molar-refractivity contribution in [2.24, 2.45) is 4.99 Å². The molecule has 0 aliphatic carbocycles. The number of ether oxygens (including phenoxy) is 2. The number of aromatic amines is 1. The number of thiophene rings is 1. The normalized spacial score (nSPS) is 15.2. The van der Waals surface area contributed by atoms with E-state index in [9.17, 15) is 19.2 Å². The second kappa shape index (κ2) is 17.2. The first-order valence-electron chi connectivity index (χ1n) is 18.3. The van der Waals surface area contributed by atoms with Crippen molar-refractivity contribution in [3.8, 4) is 5.00 Å². The summed E-state index contributed by atoms with van der Waals surface area (Å²) in [6, 6.07) is 12.1. The number of aliphatic imine (C=N–C) groups is 1. The number of halogens is 1. The van der Waals surface area contributed by atoms with Crippen LogP contribution in [-0.2, 0) is 30.3 Å². The molecule has 0 unspecified atom stereocenters. The molecule has 2 aromatic carbocycles. The summed E-state index contributed by atoms with van der Waals surface area (Å²) >= 11 is 7.87. The summed E-state index contributed by atoms with van der Waals surface area (Å²) in [5.74, 6) is 0.732. The molecule has 5 amide bonds. The van der Waals surface area contributed by atoms with Gasteiger partial charge in [0.2, 0.25) is 17.7 Å². The van der Waals surface area contributed by atoms with Crippen molar-refractivity contribution in [1.82, 2.24) is 35.7 Å². The molecule has 4 N–H and O–H groups in total. The maximum absolute atomic E-state index is 13.2. The number of nitrogens with one attached hydrogen (secondary N) is 4. The number of hydrogen-bond donors (Lipinski definition) is 4. The van der Waals surface area contributed by atoms with Gasteiger partial charge in [-0.2, -0.15) is 0 Å². The zero-order valence-electron chi connectivity index (χ0n) is 31.2. The predicted octanol–water partition coefficient (Wildman–Crippen LogP) is 4.63. The van der Waals surface area contributed by atoms with Crippen LogP contribution >= 0.6 is 22.9 Å². The van der Waals surface area contributed by atoms with E-state index in [0.29, 0.717) is 62.6 Å². The summed E-state index contributed by atoms with van der Waals surface area (Å²) < 4.78 is 13.3. The fraction of sp³-hybridized carbons (Fsp3) is 0.359. The SMILES string of the molecule is Cc1sc2c(c1C)C(c1ccc(Cl)cc1)=N[C@@H](CC(=O)NCCOCCOCCNC(=O)Cc1c[nH]c3cc(N4CCC(=O)NC4=O)ccc13)c1nnc(C)n1-2.